The minimum absolute atomic E-state index is 0.0797. The molecule has 0 saturated carbocycles. The summed E-state index contributed by atoms with van der Waals surface area (Å²) in [5, 5.41) is 7.28. The van der Waals surface area contributed by atoms with Crippen molar-refractivity contribution >= 4 is 44.3 Å². The van der Waals surface area contributed by atoms with Crippen molar-refractivity contribution in [3.63, 3.8) is 0 Å². The lowest BCUT2D eigenvalue weighted by Gasteiger charge is -2.31. The third-order valence-electron chi connectivity index (χ3n) is 7.07. The minimum atomic E-state index is -4.79. The highest BCUT2D eigenvalue weighted by Gasteiger charge is 2.35. The van der Waals surface area contributed by atoms with Gasteiger partial charge in [-0.2, -0.15) is 13.2 Å². The van der Waals surface area contributed by atoms with Crippen LogP contribution in [0.15, 0.2) is 56.8 Å². The molecule has 41 heavy (non-hydrogen) atoms. The highest BCUT2D eigenvalue weighted by Crippen LogP contribution is 2.39. The molecule has 1 fully saturated rings. The molecule has 0 spiro atoms. The van der Waals surface area contributed by atoms with E-state index in [4.69, 9.17) is 26.2 Å². The Balaban J connectivity index is 1.20. The SMILES string of the molecule is CS(=N)(=O)c1cccc(Cl)c1C1CC(c2csc(C3CCN(C(=O)Cn4cccc(C(F)(F)F)c4=O)CC3)n2)=NO1. The number of nitrogens with zero attached hydrogens (tertiary/aromatic N) is 4. The zero-order valence-electron chi connectivity index (χ0n) is 21.7. The van der Waals surface area contributed by atoms with E-state index >= 15 is 0 Å². The molecule has 4 heterocycles. The Morgan fingerprint density at radius 2 is 1.98 bits per heavy atom. The van der Waals surface area contributed by atoms with E-state index in [1.54, 1.807) is 23.1 Å². The van der Waals surface area contributed by atoms with E-state index in [9.17, 15) is 27.0 Å². The number of oxime groups is 1. The fourth-order valence-electron chi connectivity index (χ4n) is 4.96. The van der Waals surface area contributed by atoms with E-state index in [-0.39, 0.29) is 5.92 Å². The van der Waals surface area contributed by atoms with Crippen LogP contribution in [-0.4, -0.2) is 49.6 Å². The standard InChI is InChI=1S/C26H25ClF3N5O4S2/c1-41(31,38)21-6-2-5-17(27)23(21)20-12-18(33-39-20)19-14-40-24(32-19)15-7-10-34(11-8-15)22(36)13-35-9-3-4-16(25(35)37)26(28,29)30/h2-6,9,14-15,20,31H,7-8,10-13H2,1H3. The van der Waals surface area contributed by atoms with Crippen molar-refractivity contribution in [2.24, 2.45) is 5.16 Å². The average Bonchev–Trinajstić information content (AvgIpc) is 3.59. The van der Waals surface area contributed by atoms with E-state index in [1.165, 1.54) is 23.8 Å². The van der Waals surface area contributed by atoms with Gasteiger partial charge in [-0.3, -0.25) is 9.59 Å². The van der Waals surface area contributed by atoms with Gasteiger partial charge in [0.15, 0.2) is 6.10 Å². The molecule has 1 amide bonds. The van der Waals surface area contributed by atoms with E-state index in [0.717, 1.165) is 15.6 Å². The summed E-state index contributed by atoms with van der Waals surface area (Å²) in [4.78, 5) is 37.2. The highest BCUT2D eigenvalue weighted by atomic mass is 35.5. The second-order valence-corrected chi connectivity index (χ2v) is 13.3. The molecular formula is C26H25ClF3N5O4S2. The molecule has 15 heteroatoms. The number of amides is 1. The number of likely N-dealkylation sites (tertiary alicyclic amines) is 1. The predicted molar refractivity (Wildman–Crippen MR) is 148 cm³/mol. The van der Waals surface area contributed by atoms with Gasteiger partial charge in [-0.05, 0) is 37.1 Å². The minimum Gasteiger partial charge on any atom is -0.387 e. The number of piperidine rings is 1. The van der Waals surface area contributed by atoms with Crippen LogP contribution < -0.4 is 5.56 Å². The summed E-state index contributed by atoms with van der Waals surface area (Å²) in [7, 11) is -3.04. The highest BCUT2D eigenvalue weighted by molar-refractivity contribution is 7.91. The van der Waals surface area contributed by atoms with Gasteiger partial charge in [-0.1, -0.05) is 22.8 Å². The Kier molecular flexibility index (Phi) is 8.01. The van der Waals surface area contributed by atoms with Crippen molar-refractivity contribution in [1.82, 2.24) is 14.5 Å². The van der Waals surface area contributed by atoms with Gasteiger partial charge in [0.25, 0.3) is 5.56 Å². The zero-order chi connectivity index (χ0) is 29.5. The summed E-state index contributed by atoms with van der Waals surface area (Å²) in [6.07, 6.45) is -1.31. The Morgan fingerprint density at radius 1 is 1.24 bits per heavy atom. The predicted octanol–water partition coefficient (Wildman–Crippen LogP) is 5.28. The summed E-state index contributed by atoms with van der Waals surface area (Å²) >= 11 is 7.85. The van der Waals surface area contributed by atoms with Crippen molar-refractivity contribution in [2.75, 3.05) is 19.3 Å². The number of benzene rings is 1. The van der Waals surface area contributed by atoms with Gasteiger partial charge in [0.05, 0.1) is 25.3 Å². The molecule has 1 aromatic carbocycles. The van der Waals surface area contributed by atoms with Crippen LogP contribution in [0.25, 0.3) is 0 Å². The van der Waals surface area contributed by atoms with Crippen molar-refractivity contribution in [2.45, 2.75) is 48.9 Å². The second kappa shape index (κ2) is 11.2. The van der Waals surface area contributed by atoms with Crippen LogP contribution in [0.3, 0.4) is 0 Å². The molecule has 2 unspecified atom stereocenters. The second-order valence-electron chi connectivity index (χ2n) is 9.91. The number of thiazole rings is 1. The normalized spacial score (nSPS) is 19.5. The van der Waals surface area contributed by atoms with E-state index in [1.807, 2.05) is 5.38 Å². The number of nitrogens with one attached hydrogen (secondary N) is 1. The smallest absolute Gasteiger partial charge is 0.387 e. The fraction of sp³-hybridized carbons (Fsp3) is 0.385. The molecule has 1 saturated heterocycles. The van der Waals surface area contributed by atoms with Crippen molar-refractivity contribution in [3.8, 4) is 0 Å². The van der Waals surface area contributed by atoms with E-state index in [0.29, 0.717) is 65.3 Å². The lowest BCUT2D eigenvalue weighted by atomic mass is 9.97. The largest absolute Gasteiger partial charge is 0.421 e. The molecule has 0 bridgehead atoms. The number of hydrogen-bond acceptors (Lipinski definition) is 8. The first-order valence-electron chi connectivity index (χ1n) is 12.6. The molecule has 3 aromatic rings. The van der Waals surface area contributed by atoms with Gasteiger partial charge in [0, 0.05) is 53.8 Å². The Morgan fingerprint density at radius 3 is 2.66 bits per heavy atom. The molecule has 5 rings (SSSR count). The van der Waals surface area contributed by atoms with Gasteiger partial charge in [0.2, 0.25) is 5.91 Å². The van der Waals surface area contributed by atoms with Gasteiger partial charge >= 0.3 is 6.18 Å². The van der Waals surface area contributed by atoms with Crippen molar-refractivity contribution < 1.29 is 27.0 Å². The first-order chi connectivity index (χ1) is 19.3. The average molecular weight is 628 g/mol. The van der Waals surface area contributed by atoms with Crippen molar-refractivity contribution in [1.29, 1.82) is 4.78 Å². The molecule has 2 aromatic heterocycles. The Hall–Kier alpha value is -3.23. The maximum Gasteiger partial charge on any atom is 0.421 e. The quantitative estimate of drug-likeness (QED) is 0.399. The van der Waals surface area contributed by atoms with Gasteiger partial charge in [0.1, 0.15) is 17.8 Å². The number of carbonyl (C=O) groups excluding carboxylic acids is 1. The Labute approximate surface area is 242 Å². The number of aromatic nitrogens is 2. The lowest BCUT2D eigenvalue weighted by molar-refractivity contribution is -0.139. The molecule has 2 aliphatic heterocycles. The van der Waals surface area contributed by atoms with Crippen LogP contribution in [0.2, 0.25) is 5.02 Å². The molecule has 218 valence electrons. The molecule has 0 aliphatic carbocycles. The summed E-state index contributed by atoms with van der Waals surface area (Å²) in [5.74, 6) is -0.341. The topological polar surface area (TPSA) is 118 Å². The summed E-state index contributed by atoms with van der Waals surface area (Å²) in [6.45, 7) is 0.310. The first kappa shape index (κ1) is 29.3. The Bertz CT molecular complexity index is 1680. The summed E-state index contributed by atoms with van der Waals surface area (Å²) < 4.78 is 60.4. The molecule has 9 nitrogen and oxygen atoms in total. The van der Waals surface area contributed by atoms with E-state index < -0.39 is 45.6 Å². The number of alkyl halides is 3. The third kappa shape index (κ3) is 6.19. The molecule has 0 radical (unpaired) electrons. The molecular weight excluding hydrogens is 603 g/mol. The van der Waals surface area contributed by atoms with E-state index in [2.05, 4.69) is 5.16 Å². The summed E-state index contributed by atoms with van der Waals surface area (Å²) in [6, 6.07) is 6.72. The van der Waals surface area contributed by atoms with Crippen LogP contribution in [-0.2, 0) is 32.1 Å². The van der Waals surface area contributed by atoms with Gasteiger partial charge in [-0.15, -0.1) is 11.3 Å². The molecule has 1 N–H and O–H groups in total. The van der Waals surface area contributed by atoms with Crippen LogP contribution in [0.4, 0.5) is 13.2 Å². The van der Waals surface area contributed by atoms with Crippen LogP contribution in [0.5, 0.6) is 0 Å². The fourth-order valence-corrected chi connectivity index (χ4v) is 7.31. The van der Waals surface area contributed by atoms with Crippen LogP contribution in [0.1, 0.15) is 53.1 Å². The number of pyridine rings is 1. The summed E-state index contributed by atoms with van der Waals surface area (Å²) in [5.41, 5.74) is -0.811. The molecule has 2 aliphatic rings. The first-order valence-corrected chi connectivity index (χ1v) is 15.8. The number of rotatable bonds is 6. The van der Waals surface area contributed by atoms with Gasteiger partial charge in [-0.25, -0.2) is 14.0 Å². The zero-order valence-corrected chi connectivity index (χ0v) is 24.1. The van der Waals surface area contributed by atoms with Crippen molar-refractivity contribution in [3.05, 3.63) is 79.1 Å². The maximum atomic E-state index is 13.0. The van der Waals surface area contributed by atoms with Crippen LogP contribution in [0, 0.1) is 4.78 Å². The molecule has 2 atom stereocenters. The number of hydrogen-bond donors (Lipinski definition) is 1. The lowest BCUT2D eigenvalue weighted by Crippen LogP contribution is -2.41. The number of halogens is 4. The monoisotopic (exact) mass is 627 g/mol. The van der Waals surface area contributed by atoms with Crippen LogP contribution >= 0.6 is 22.9 Å². The third-order valence-corrected chi connectivity index (χ3v) is 9.60. The maximum absolute atomic E-state index is 13.0. The van der Waals surface area contributed by atoms with Gasteiger partial charge < -0.3 is 14.3 Å². The number of carbonyl (C=O) groups is 1.